The van der Waals surface area contributed by atoms with Crippen molar-refractivity contribution in [3.8, 4) is 11.5 Å². The third-order valence-electron chi connectivity index (χ3n) is 1.33. The van der Waals surface area contributed by atoms with Crippen LogP contribution in [0, 0.1) is 0 Å². The van der Waals surface area contributed by atoms with Crippen molar-refractivity contribution in [3.05, 3.63) is 23.8 Å². The van der Waals surface area contributed by atoms with Crippen LogP contribution < -0.4 is 4.74 Å². The molecule has 1 rings (SSSR count). The van der Waals surface area contributed by atoms with Gasteiger partial charge in [-0.15, -0.1) is 0 Å². The van der Waals surface area contributed by atoms with Gasteiger partial charge in [-0.3, -0.25) is 4.79 Å². The molecule has 0 aliphatic rings. The Hall–Kier alpha value is -1.58. The molecule has 4 heteroatoms. The molecule has 0 aliphatic heterocycles. The lowest BCUT2D eigenvalue weighted by Crippen LogP contribution is -1.91. The first-order valence-corrected chi connectivity index (χ1v) is 3.25. The average Bonchev–Trinajstić information content (AvgIpc) is 2.09. The molecule has 3 nitrogen and oxygen atoms in total. The number of hydrogen-bond donors (Lipinski definition) is 1. The minimum Gasteiger partial charge on any atom is -0.504 e. The number of phenolic OH excluding ortho intramolecular Hbond substituents is 1. The molecule has 0 fully saturated rings. The van der Waals surface area contributed by atoms with Gasteiger partial charge in [0.25, 0.3) is 0 Å². The third-order valence-corrected chi connectivity index (χ3v) is 1.33. The molecule has 0 saturated heterocycles. The fourth-order valence-electron chi connectivity index (χ4n) is 0.778. The zero-order chi connectivity index (χ0) is 8.97. The third kappa shape index (κ3) is 1.72. The van der Waals surface area contributed by atoms with Crippen LogP contribution in [0.4, 0.5) is 4.39 Å². The summed E-state index contributed by atoms with van der Waals surface area (Å²) in [5, 5.41) is 9.05. The van der Waals surface area contributed by atoms with Crippen molar-refractivity contribution in [2.24, 2.45) is 0 Å². The predicted molar refractivity (Wildman–Crippen MR) is 40.1 cm³/mol. The van der Waals surface area contributed by atoms with Gasteiger partial charge in [-0.05, 0) is 18.2 Å². The van der Waals surface area contributed by atoms with Crippen LogP contribution in [0.1, 0.15) is 10.4 Å². The van der Waals surface area contributed by atoms with E-state index < -0.39 is 6.86 Å². The van der Waals surface area contributed by atoms with Crippen LogP contribution in [0.25, 0.3) is 0 Å². The second-order valence-corrected chi connectivity index (χ2v) is 2.10. The Morgan fingerprint density at radius 1 is 1.58 bits per heavy atom. The zero-order valence-corrected chi connectivity index (χ0v) is 6.16. The Labute approximate surface area is 68.4 Å². The fourth-order valence-corrected chi connectivity index (χ4v) is 0.778. The van der Waals surface area contributed by atoms with Crippen molar-refractivity contribution in [2.45, 2.75) is 0 Å². The lowest BCUT2D eigenvalue weighted by atomic mass is 10.2. The van der Waals surface area contributed by atoms with Gasteiger partial charge >= 0.3 is 0 Å². The summed E-state index contributed by atoms with van der Waals surface area (Å²) >= 11 is 0. The Morgan fingerprint density at radius 3 is 2.92 bits per heavy atom. The van der Waals surface area contributed by atoms with Gasteiger partial charge in [0.05, 0.1) is 0 Å². The summed E-state index contributed by atoms with van der Waals surface area (Å²) in [5.74, 6) is -0.208. The average molecular weight is 170 g/mol. The Morgan fingerprint density at radius 2 is 2.33 bits per heavy atom. The van der Waals surface area contributed by atoms with E-state index in [1.165, 1.54) is 18.2 Å². The number of carbonyl (C=O) groups excluding carboxylic acids is 1. The van der Waals surface area contributed by atoms with Crippen LogP contribution >= 0.6 is 0 Å². The zero-order valence-electron chi connectivity index (χ0n) is 6.16. The van der Waals surface area contributed by atoms with Gasteiger partial charge < -0.3 is 9.84 Å². The molecule has 1 N–H and O–H groups in total. The van der Waals surface area contributed by atoms with Crippen molar-refractivity contribution in [3.63, 3.8) is 0 Å². The van der Waals surface area contributed by atoms with E-state index in [-0.39, 0.29) is 11.5 Å². The summed E-state index contributed by atoms with van der Waals surface area (Å²) in [7, 11) is 0. The molecule has 64 valence electrons. The first-order valence-electron chi connectivity index (χ1n) is 3.25. The number of aldehydes is 1. The maximum atomic E-state index is 11.7. The first-order chi connectivity index (χ1) is 5.77. The van der Waals surface area contributed by atoms with E-state index in [0.717, 1.165) is 0 Å². The van der Waals surface area contributed by atoms with Gasteiger partial charge in [0.1, 0.15) is 6.29 Å². The smallest absolute Gasteiger partial charge is 0.228 e. The summed E-state index contributed by atoms with van der Waals surface area (Å²) in [6.45, 7) is -1.03. The highest BCUT2D eigenvalue weighted by atomic mass is 19.1. The van der Waals surface area contributed by atoms with Crippen LogP contribution in [0.5, 0.6) is 11.5 Å². The molecular weight excluding hydrogens is 163 g/mol. The van der Waals surface area contributed by atoms with E-state index in [1.54, 1.807) is 0 Å². The lowest BCUT2D eigenvalue weighted by Gasteiger charge is -2.03. The molecule has 0 aliphatic carbocycles. The van der Waals surface area contributed by atoms with Gasteiger partial charge in [0.15, 0.2) is 11.5 Å². The number of ether oxygens (including phenoxy) is 1. The maximum absolute atomic E-state index is 11.7. The Bertz CT molecular complexity index is 286. The van der Waals surface area contributed by atoms with E-state index >= 15 is 0 Å². The Kier molecular flexibility index (Phi) is 2.63. The second-order valence-electron chi connectivity index (χ2n) is 2.10. The summed E-state index contributed by atoms with van der Waals surface area (Å²) in [5.41, 5.74) is 0.330. The second kappa shape index (κ2) is 3.71. The standard InChI is InChI=1S/C8H7FO3/c9-5-12-8-3-6(4-10)1-2-7(8)11/h1-4,11H,5H2. The fraction of sp³-hybridized carbons (Fsp3) is 0.125. The highest BCUT2D eigenvalue weighted by Gasteiger charge is 2.02. The van der Waals surface area contributed by atoms with E-state index in [0.29, 0.717) is 11.8 Å². The number of hydrogen-bond acceptors (Lipinski definition) is 3. The van der Waals surface area contributed by atoms with Crippen molar-refractivity contribution in [1.29, 1.82) is 0 Å². The topological polar surface area (TPSA) is 46.5 Å². The molecule has 0 heterocycles. The van der Waals surface area contributed by atoms with Gasteiger partial charge in [-0.1, -0.05) is 0 Å². The first kappa shape index (κ1) is 8.52. The molecule has 0 unspecified atom stereocenters. The molecule has 0 spiro atoms. The van der Waals surface area contributed by atoms with Crippen LogP contribution in [0.15, 0.2) is 18.2 Å². The number of rotatable bonds is 3. The van der Waals surface area contributed by atoms with Gasteiger partial charge in [-0.2, -0.15) is 0 Å². The number of phenols is 1. The molecule has 1 aromatic carbocycles. The number of aromatic hydroxyl groups is 1. The Balaban J connectivity index is 2.99. The van der Waals surface area contributed by atoms with Gasteiger partial charge in [-0.25, -0.2) is 4.39 Å². The summed E-state index contributed by atoms with van der Waals surface area (Å²) in [4.78, 5) is 10.2. The van der Waals surface area contributed by atoms with E-state index in [1.807, 2.05) is 0 Å². The van der Waals surface area contributed by atoms with Crippen LogP contribution in [0.3, 0.4) is 0 Å². The summed E-state index contributed by atoms with van der Waals surface area (Å²) in [6.07, 6.45) is 0.588. The molecule has 0 saturated carbocycles. The molecule has 0 radical (unpaired) electrons. The van der Waals surface area contributed by atoms with Crippen molar-refractivity contribution >= 4 is 6.29 Å². The number of benzene rings is 1. The van der Waals surface area contributed by atoms with Crippen molar-refractivity contribution < 1.29 is 19.0 Å². The van der Waals surface area contributed by atoms with E-state index in [9.17, 15) is 9.18 Å². The number of halogens is 1. The minimum atomic E-state index is -1.03. The van der Waals surface area contributed by atoms with Crippen molar-refractivity contribution in [2.75, 3.05) is 6.86 Å². The quantitative estimate of drug-likeness (QED) is 0.699. The van der Waals surface area contributed by atoms with Gasteiger partial charge in [0.2, 0.25) is 6.86 Å². The van der Waals surface area contributed by atoms with E-state index in [2.05, 4.69) is 4.74 Å². The lowest BCUT2D eigenvalue weighted by molar-refractivity contribution is 0.112. The highest BCUT2D eigenvalue weighted by molar-refractivity contribution is 5.76. The van der Waals surface area contributed by atoms with Gasteiger partial charge in [0, 0.05) is 5.56 Å². The predicted octanol–water partition coefficient (Wildman–Crippen LogP) is 1.51. The molecule has 0 aromatic heterocycles. The summed E-state index contributed by atoms with van der Waals surface area (Å²) in [6, 6.07) is 3.95. The van der Waals surface area contributed by atoms with Crippen molar-refractivity contribution in [1.82, 2.24) is 0 Å². The normalized spacial score (nSPS) is 9.42. The number of alkyl halides is 1. The molecule has 12 heavy (non-hydrogen) atoms. The maximum Gasteiger partial charge on any atom is 0.228 e. The molecule has 1 aromatic rings. The van der Waals surface area contributed by atoms with Crippen LogP contribution in [-0.4, -0.2) is 18.3 Å². The SMILES string of the molecule is O=Cc1ccc(O)c(OCF)c1. The van der Waals surface area contributed by atoms with E-state index in [4.69, 9.17) is 5.11 Å². The minimum absolute atomic E-state index is 0.0258. The number of carbonyl (C=O) groups is 1. The van der Waals surface area contributed by atoms with Crippen LogP contribution in [0.2, 0.25) is 0 Å². The molecule has 0 bridgehead atoms. The monoisotopic (exact) mass is 170 g/mol. The van der Waals surface area contributed by atoms with Crippen LogP contribution in [-0.2, 0) is 0 Å². The molecule has 0 amide bonds. The molecular formula is C8H7FO3. The highest BCUT2D eigenvalue weighted by Crippen LogP contribution is 2.25. The summed E-state index contributed by atoms with van der Waals surface area (Å²) < 4.78 is 16.1. The largest absolute Gasteiger partial charge is 0.504 e. The molecule has 0 atom stereocenters.